The van der Waals surface area contributed by atoms with Crippen molar-refractivity contribution in [3.63, 3.8) is 0 Å². The number of alkyl halides is 3. The number of carboxylic acid groups (broad SMARTS) is 1. The number of pyridine rings is 3. The Kier molecular flexibility index (Phi) is 6.78. The summed E-state index contributed by atoms with van der Waals surface area (Å²) in [5, 5.41) is 12.2. The number of aromatic carboxylic acids is 1. The maximum Gasteiger partial charge on any atom is 0.417 e. The van der Waals surface area contributed by atoms with Crippen LogP contribution in [0, 0.1) is 13.8 Å². The smallest absolute Gasteiger partial charge is 0.417 e. The van der Waals surface area contributed by atoms with E-state index in [9.17, 15) is 27.9 Å². The number of nitrogens with one attached hydrogen (secondary N) is 1. The lowest BCUT2D eigenvalue weighted by Gasteiger charge is -2.21. The molecule has 37 heavy (non-hydrogen) atoms. The van der Waals surface area contributed by atoms with E-state index in [4.69, 9.17) is 16.3 Å². The number of aromatic nitrogens is 4. The molecule has 0 radical (unpaired) electrons. The second-order valence-electron chi connectivity index (χ2n) is 8.16. The molecule has 0 saturated heterocycles. The van der Waals surface area contributed by atoms with Gasteiger partial charge in [0.15, 0.2) is 5.69 Å². The third-order valence-electron chi connectivity index (χ3n) is 5.46. The summed E-state index contributed by atoms with van der Waals surface area (Å²) in [5.41, 5.74) is -1.70. The van der Waals surface area contributed by atoms with E-state index in [2.05, 4.69) is 20.3 Å². The van der Waals surface area contributed by atoms with E-state index in [0.717, 1.165) is 16.2 Å². The Balaban J connectivity index is 1.89. The Hall–Kier alpha value is -4.19. The summed E-state index contributed by atoms with van der Waals surface area (Å²) < 4.78 is 47.8. The minimum atomic E-state index is -4.77. The van der Waals surface area contributed by atoms with Gasteiger partial charge in [0.05, 0.1) is 29.1 Å². The number of carboxylic acids is 1. The van der Waals surface area contributed by atoms with E-state index in [1.807, 2.05) is 0 Å². The van der Waals surface area contributed by atoms with Crippen LogP contribution in [0.1, 0.15) is 45.8 Å². The van der Waals surface area contributed by atoms with E-state index in [-0.39, 0.29) is 39.2 Å². The fourth-order valence-electron chi connectivity index (χ4n) is 3.56. The van der Waals surface area contributed by atoms with Crippen LogP contribution in [0.2, 0.25) is 5.15 Å². The molecule has 0 aliphatic carbocycles. The molecular formula is C24H19ClF3N5O4. The number of carbonyl (C=O) groups is 1. The van der Waals surface area contributed by atoms with Crippen LogP contribution in [0.4, 0.5) is 18.9 Å². The number of ether oxygens (including phenoxy) is 1. The van der Waals surface area contributed by atoms with Crippen LogP contribution in [0.15, 0.2) is 47.5 Å². The summed E-state index contributed by atoms with van der Waals surface area (Å²) in [6.07, 6.45) is -2.68. The van der Waals surface area contributed by atoms with Gasteiger partial charge in [0, 0.05) is 17.5 Å². The first-order valence-electron chi connectivity index (χ1n) is 10.8. The number of aryl methyl sites for hydroxylation is 1. The van der Waals surface area contributed by atoms with Crippen LogP contribution < -0.4 is 15.6 Å². The van der Waals surface area contributed by atoms with Crippen molar-refractivity contribution in [2.75, 3.05) is 5.32 Å². The molecule has 1 atom stereocenters. The van der Waals surface area contributed by atoms with Crippen molar-refractivity contribution in [3.05, 3.63) is 86.3 Å². The molecule has 0 saturated carbocycles. The van der Waals surface area contributed by atoms with Gasteiger partial charge in [-0.25, -0.2) is 9.78 Å². The second kappa shape index (κ2) is 9.69. The molecule has 4 rings (SSSR count). The summed E-state index contributed by atoms with van der Waals surface area (Å²) in [5.74, 6) is -1.22. The molecule has 192 valence electrons. The van der Waals surface area contributed by atoms with Crippen LogP contribution in [0.25, 0.3) is 5.65 Å². The van der Waals surface area contributed by atoms with Crippen molar-refractivity contribution >= 4 is 28.9 Å². The van der Waals surface area contributed by atoms with Gasteiger partial charge in [-0.2, -0.15) is 18.2 Å². The molecule has 0 aromatic carbocycles. The Morgan fingerprint density at radius 3 is 2.54 bits per heavy atom. The monoisotopic (exact) mass is 533 g/mol. The fourth-order valence-corrected chi connectivity index (χ4v) is 3.71. The maximum absolute atomic E-state index is 13.7. The molecule has 2 N–H and O–H groups in total. The number of hydrogen-bond acceptors (Lipinski definition) is 7. The number of fused-ring (bicyclic) bond motifs is 1. The predicted octanol–water partition coefficient (Wildman–Crippen LogP) is 5.44. The van der Waals surface area contributed by atoms with Crippen LogP contribution in [0.5, 0.6) is 11.6 Å². The quantitative estimate of drug-likeness (QED) is 0.315. The first-order chi connectivity index (χ1) is 17.3. The Morgan fingerprint density at radius 1 is 1.19 bits per heavy atom. The molecular weight excluding hydrogens is 515 g/mol. The second-order valence-corrected chi connectivity index (χ2v) is 8.55. The number of anilines is 1. The highest BCUT2D eigenvalue weighted by molar-refractivity contribution is 6.29. The summed E-state index contributed by atoms with van der Waals surface area (Å²) in [6, 6.07) is 5.86. The van der Waals surface area contributed by atoms with E-state index in [1.165, 1.54) is 32.2 Å². The highest BCUT2D eigenvalue weighted by Crippen LogP contribution is 2.34. The number of halogens is 4. The Morgan fingerprint density at radius 2 is 1.92 bits per heavy atom. The number of hydrogen-bond donors (Lipinski definition) is 2. The van der Waals surface area contributed by atoms with E-state index in [1.54, 1.807) is 19.1 Å². The Labute approximate surface area is 212 Å². The van der Waals surface area contributed by atoms with Crippen LogP contribution in [0.3, 0.4) is 0 Å². The van der Waals surface area contributed by atoms with Gasteiger partial charge in [-0.1, -0.05) is 11.6 Å². The van der Waals surface area contributed by atoms with Crippen molar-refractivity contribution in [2.24, 2.45) is 0 Å². The lowest BCUT2D eigenvalue weighted by molar-refractivity contribution is -0.137. The molecule has 0 spiro atoms. The van der Waals surface area contributed by atoms with Gasteiger partial charge in [-0.15, -0.1) is 0 Å². The van der Waals surface area contributed by atoms with Gasteiger partial charge in [-0.3, -0.25) is 14.2 Å². The van der Waals surface area contributed by atoms with Crippen LogP contribution in [-0.4, -0.2) is 30.4 Å². The summed E-state index contributed by atoms with van der Waals surface area (Å²) in [7, 11) is 0. The molecule has 4 heterocycles. The van der Waals surface area contributed by atoms with Gasteiger partial charge in [0.25, 0.3) is 5.56 Å². The highest BCUT2D eigenvalue weighted by Gasteiger charge is 2.33. The van der Waals surface area contributed by atoms with E-state index in [0.29, 0.717) is 6.20 Å². The average Bonchev–Trinajstić information content (AvgIpc) is 2.83. The van der Waals surface area contributed by atoms with Gasteiger partial charge in [0.1, 0.15) is 16.5 Å². The summed E-state index contributed by atoms with van der Waals surface area (Å²) in [6.45, 7) is 4.66. The standard InChI is InChI=1S/C24H19ClF3N5O4/c1-11-4-5-15(9-29-11)37-21-12(2)22(34)33-10-14(24(26,27)28)8-16(20(33)32-21)13(3)30-17-6-7-18(25)31-19(17)23(35)36/h4-10,13,30H,1-3H3,(H,35,36)/t13-/m1/s1. The van der Waals surface area contributed by atoms with E-state index >= 15 is 0 Å². The van der Waals surface area contributed by atoms with Crippen molar-refractivity contribution in [2.45, 2.75) is 33.0 Å². The lowest BCUT2D eigenvalue weighted by atomic mass is 10.1. The zero-order valence-corrected chi connectivity index (χ0v) is 20.3. The number of rotatable bonds is 6. The van der Waals surface area contributed by atoms with E-state index < -0.39 is 35.0 Å². The van der Waals surface area contributed by atoms with Crippen LogP contribution in [-0.2, 0) is 6.18 Å². The summed E-state index contributed by atoms with van der Waals surface area (Å²) >= 11 is 5.79. The third kappa shape index (κ3) is 5.33. The fraction of sp³-hybridized carbons (Fsp3) is 0.208. The molecule has 9 nitrogen and oxygen atoms in total. The minimum absolute atomic E-state index is 0.0108. The van der Waals surface area contributed by atoms with Crippen molar-refractivity contribution in [1.82, 2.24) is 19.4 Å². The molecule has 13 heteroatoms. The molecule has 0 aliphatic heterocycles. The zero-order valence-electron chi connectivity index (χ0n) is 19.6. The van der Waals surface area contributed by atoms with Gasteiger partial charge in [-0.05, 0) is 51.1 Å². The summed E-state index contributed by atoms with van der Waals surface area (Å²) in [4.78, 5) is 37.0. The lowest BCUT2D eigenvalue weighted by Crippen LogP contribution is -2.23. The minimum Gasteiger partial charge on any atom is -0.476 e. The molecule has 0 aliphatic rings. The average molecular weight is 534 g/mol. The molecule has 0 unspecified atom stereocenters. The van der Waals surface area contributed by atoms with Gasteiger partial charge >= 0.3 is 12.1 Å². The van der Waals surface area contributed by atoms with Gasteiger partial charge in [0.2, 0.25) is 5.88 Å². The topological polar surface area (TPSA) is 119 Å². The highest BCUT2D eigenvalue weighted by atomic mass is 35.5. The first-order valence-corrected chi connectivity index (χ1v) is 11.1. The SMILES string of the molecule is Cc1ccc(Oc2nc3c([C@@H](C)Nc4ccc(Cl)nc4C(=O)O)cc(C(F)(F)F)cn3c(=O)c2C)cn1. The molecule has 0 bridgehead atoms. The molecule has 4 aromatic rings. The van der Waals surface area contributed by atoms with Crippen molar-refractivity contribution < 1.29 is 27.8 Å². The normalized spacial score (nSPS) is 12.4. The molecule has 4 aromatic heterocycles. The van der Waals surface area contributed by atoms with Crippen LogP contribution >= 0.6 is 11.6 Å². The zero-order chi connectivity index (χ0) is 27.1. The van der Waals surface area contributed by atoms with Crippen molar-refractivity contribution in [1.29, 1.82) is 0 Å². The van der Waals surface area contributed by atoms with Gasteiger partial charge < -0.3 is 15.2 Å². The third-order valence-corrected chi connectivity index (χ3v) is 5.67. The largest absolute Gasteiger partial charge is 0.476 e. The Bertz CT molecular complexity index is 1570. The first kappa shape index (κ1) is 25.9. The maximum atomic E-state index is 13.7. The number of nitrogens with zero attached hydrogens (tertiary/aromatic N) is 4. The predicted molar refractivity (Wildman–Crippen MR) is 128 cm³/mol. The van der Waals surface area contributed by atoms with Crippen molar-refractivity contribution in [3.8, 4) is 11.6 Å². The molecule has 0 fully saturated rings. The molecule has 0 amide bonds.